The average Bonchev–Trinajstić information content (AvgIpc) is 2.44. The first-order chi connectivity index (χ1) is 10.4. The van der Waals surface area contributed by atoms with Gasteiger partial charge in [-0.3, -0.25) is 0 Å². The fraction of sp³-hybridized carbons (Fsp3) is 0.375. The predicted molar refractivity (Wildman–Crippen MR) is 94.2 cm³/mol. The van der Waals surface area contributed by atoms with Crippen molar-refractivity contribution in [1.29, 1.82) is 0 Å². The van der Waals surface area contributed by atoms with Crippen LogP contribution in [0, 0.1) is 5.92 Å². The molecule has 2 rings (SSSR count). The number of nitrogens with one attached hydrogen (secondary N) is 2. The van der Waals surface area contributed by atoms with Crippen LogP contribution < -0.4 is 10.6 Å². The molecule has 22 heavy (non-hydrogen) atoms. The highest BCUT2D eigenvalue weighted by molar-refractivity contribution is 9.10. The largest absolute Gasteiger partial charge is 0.462 e. The summed E-state index contributed by atoms with van der Waals surface area (Å²) in [7, 11) is 0. The Morgan fingerprint density at radius 2 is 2.18 bits per heavy atom. The quantitative estimate of drug-likeness (QED) is 0.616. The Balaban J connectivity index is 2.34. The lowest BCUT2D eigenvalue weighted by molar-refractivity contribution is -0.140. The van der Waals surface area contributed by atoms with Gasteiger partial charge in [0.15, 0.2) is 5.11 Å². The number of rotatable bonds is 4. The topological polar surface area (TPSA) is 50.4 Å². The van der Waals surface area contributed by atoms with Gasteiger partial charge in [-0.2, -0.15) is 0 Å². The number of benzene rings is 1. The van der Waals surface area contributed by atoms with Crippen molar-refractivity contribution < 1.29 is 9.53 Å². The van der Waals surface area contributed by atoms with Crippen molar-refractivity contribution in [2.45, 2.75) is 26.8 Å². The van der Waals surface area contributed by atoms with Gasteiger partial charge < -0.3 is 15.4 Å². The van der Waals surface area contributed by atoms with E-state index in [1.54, 1.807) is 0 Å². The van der Waals surface area contributed by atoms with Gasteiger partial charge in [-0.15, -0.1) is 0 Å². The van der Waals surface area contributed by atoms with Crippen LogP contribution in [0.25, 0.3) is 0 Å². The van der Waals surface area contributed by atoms with Crippen molar-refractivity contribution in [3.05, 3.63) is 45.6 Å². The van der Waals surface area contributed by atoms with Gasteiger partial charge in [-0.1, -0.05) is 41.9 Å². The maximum atomic E-state index is 12.5. The SMILES string of the molecule is CC1=C(C(=O)OCC(C)C)[C@@H](c2cccc(Br)c2)NC(=S)N1. The minimum atomic E-state index is -0.321. The smallest absolute Gasteiger partial charge is 0.338 e. The summed E-state index contributed by atoms with van der Waals surface area (Å²) in [4.78, 5) is 12.5. The predicted octanol–water partition coefficient (Wildman–Crippen LogP) is 3.44. The maximum Gasteiger partial charge on any atom is 0.338 e. The van der Waals surface area contributed by atoms with Crippen LogP contribution in [0.5, 0.6) is 0 Å². The molecule has 0 aliphatic carbocycles. The Morgan fingerprint density at radius 1 is 1.45 bits per heavy atom. The molecule has 1 aliphatic rings. The van der Waals surface area contributed by atoms with E-state index in [1.807, 2.05) is 45.0 Å². The molecular formula is C16H19BrN2O2S. The Hall–Kier alpha value is -1.40. The molecule has 2 N–H and O–H groups in total. The molecule has 4 nitrogen and oxygen atoms in total. The van der Waals surface area contributed by atoms with Crippen molar-refractivity contribution in [3.8, 4) is 0 Å². The van der Waals surface area contributed by atoms with Crippen molar-refractivity contribution in [1.82, 2.24) is 10.6 Å². The number of hydrogen-bond donors (Lipinski definition) is 2. The molecule has 0 fully saturated rings. The lowest BCUT2D eigenvalue weighted by Gasteiger charge is -2.30. The number of hydrogen-bond acceptors (Lipinski definition) is 3. The summed E-state index contributed by atoms with van der Waals surface area (Å²) < 4.78 is 6.35. The van der Waals surface area contributed by atoms with E-state index in [0.717, 1.165) is 15.7 Å². The van der Waals surface area contributed by atoms with Gasteiger partial charge in [0.25, 0.3) is 0 Å². The second-order valence-electron chi connectivity index (χ2n) is 5.62. The minimum Gasteiger partial charge on any atom is -0.462 e. The first kappa shape index (κ1) is 17.0. The van der Waals surface area contributed by atoms with Gasteiger partial charge in [0, 0.05) is 10.2 Å². The molecule has 0 bridgehead atoms. The van der Waals surface area contributed by atoms with E-state index in [4.69, 9.17) is 17.0 Å². The first-order valence-corrected chi connectivity index (χ1v) is 8.29. The monoisotopic (exact) mass is 382 g/mol. The molecule has 1 aromatic carbocycles. The maximum absolute atomic E-state index is 12.5. The zero-order valence-corrected chi connectivity index (χ0v) is 15.2. The fourth-order valence-corrected chi connectivity index (χ4v) is 2.91. The van der Waals surface area contributed by atoms with Gasteiger partial charge >= 0.3 is 5.97 Å². The molecule has 1 aromatic rings. The van der Waals surface area contributed by atoms with Gasteiger partial charge in [0.2, 0.25) is 0 Å². The second kappa shape index (κ2) is 7.24. The van der Waals surface area contributed by atoms with Crippen LogP contribution in [-0.2, 0) is 9.53 Å². The highest BCUT2D eigenvalue weighted by atomic mass is 79.9. The van der Waals surface area contributed by atoms with Crippen LogP contribution in [-0.4, -0.2) is 17.7 Å². The number of carbonyl (C=O) groups is 1. The summed E-state index contributed by atoms with van der Waals surface area (Å²) in [6.45, 7) is 6.25. The van der Waals surface area contributed by atoms with E-state index in [-0.39, 0.29) is 12.0 Å². The number of thiocarbonyl (C=S) groups is 1. The third-order valence-corrected chi connectivity index (χ3v) is 3.93. The van der Waals surface area contributed by atoms with Crippen molar-refractivity contribution >= 4 is 39.2 Å². The standard InChI is InChI=1S/C16H19BrN2O2S/c1-9(2)8-21-15(20)13-10(3)18-16(22)19-14(13)11-5-4-6-12(17)7-11/h4-7,9,14H,8H2,1-3H3,(H2,18,19,22)/t14-/m1/s1. The number of halogens is 1. The molecule has 6 heteroatoms. The molecule has 1 heterocycles. The Labute approximate surface area is 144 Å². The summed E-state index contributed by atoms with van der Waals surface area (Å²) in [5, 5.41) is 6.65. The van der Waals surface area contributed by atoms with Crippen LogP contribution in [0.2, 0.25) is 0 Å². The molecule has 0 spiro atoms. The zero-order chi connectivity index (χ0) is 16.3. The second-order valence-corrected chi connectivity index (χ2v) is 6.94. The van der Waals surface area contributed by atoms with Gasteiger partial charge in [0.05, 0.1) is 18.2 Å². The summed E-state index contributed by atoms with van der Waals surface area (Å²) in [6.07, 6.45) is 0. The lowest BCUT2D eigenvalue weighted by Crippen LogP contribution is -2.45. The third kappa shape index (κ3) is 4.08. The summed E-state index contributed by atoms with van der Waals surface area (Å²) >= 11 is 8.68. The highest BCUT2D eigenvalue weighted by Gasteiger charge is 2.31. The van der Waals surface area contributed by atoms with Crippen molar-refractivity contribution in [2.24, 2.45) is 5.92 Å². The fourth-order valence-electron chi connectivity index (χ4n) is 2.22. The van der Waals surface area contributed by atoms with E-state index in [2.05, 4.69) is 26.6 Å². The number of esters is 1. The summed E-state index contributed by atoms with van der Waals surface area (Å²) in [5.74, 6) is -0.0292. The van der Waals surface area contributed by atoms with Crippen LogP contribution in [0.3, 0.4) is 0 Å². The van der Waals surface area contributed by atoms with Gasteiger partial charge in [0.1, 0.15) is 0 Å². The van der Waals surface area contributed by atoms with E-state index >= 15 is 0 Å². The molecule has 1 aliphatic heterocycles. The molecule has 0 saturated heterocycles. The number of ether oxygens (including phenoxy) is 1. The molecule has 0 unspecified atom stereocenters. The van der Waals surface area contributed by atoms with Crippen LogP contribution >= 0.6 is 28.1 Å². The van der Waals surface area contributed by atoms with Gasteiger partial charge in [-0.05, 0) is 42.8 Å². The average molecular weight is 383 g/mol. The molecule has 0 saturated carbocycles. The van der Waals surface area contributed by atoms with Gasteiger partial charge in [-0.25, -0.2) is 4.79 Å². The van der Waals surface area contributed by atoms with E-state index in [9.17, 15) is 4.79 Å². The Kier molecular flexibility index (Phi) is 5.58. The summed E-state index contributed by atoms with van der Waals surface area (Å²) in [5.41, 5.74) is 2.24. The molecule has 0 amide bonds. The summed E-state index contributed by atoms with van der Waals surface area (Å²) in [6, 6.07) is 7.48. The molecular weight excluding hydrogens is 364 g/mol. The first-order valence-electron chi connectivity index (χ1n) is 7.09. The van der Waals surface area contributed by atoms with E-state index in [0.29, 0.717) is 23.2 Å². The number of allylic oxidation sites excluding steroid dienone is 1. The lowest BCUT2D eigenvalue weighted by atomic mass is 9.96. The van der Waals surface area contributed by atoms with Crippen LogP contribution in [0.1, 0.15) is 32.4 Å². The third-order valence-electron chi connectivity index (χ3n) is 3.22. The van der Waals surface area contributed by atoms with Crippen molar-refractivity contribution in [3.63, 3.8) is 0 Å². The Bertz CT molecular complexity index is 628. The molecule has 118 valence electrons. The molecule has 1 atom stereocenters. The van der Waals surface area contributed by atoms with Crippen LogP contribution in [0.15, 0.2) is 40.0 Å². The minimum absolute atomic E-state index is 0.291. The van der Waals surface area contributed by atoms with E-state index in [1.165, 1.54) is 0 Å². The zero-order valence-electron chi connectivity index (χ0n) is 12.8. The normalized spacial score (nSPS) is 18.0. The Morgan fingerprint density at radius 3 is 2.82 bits per heavy atom. The molecule has 0 radical (unpaired) electrons. The highest BCUT2D eigenvalue weighted by Crippen LogP contribution is 2.29. The number of carbonyl (C=O) groups excluding carboxylic acids is 1. The van der Waals surface area contributed by atoms with Crippen LogP contribution in [0.4, 0.5) is 0 Å². The molecule has 0 aromatic heterocycles. The van der Waals surface area contributed by atoms with Crippen molar-refractivity contribution in [2.75, 3.05) is 6.61 Å². The van der Waals surface area contributed by atoms with E-state index < -0.39 is 0 Å².